The Kier molecular flexibility index (Phi) is 6.54. The molecule has 0 spiro atoms. The number of rotatable bonds is 6. The van der Waals surface area contributed by atoms with Crippen molar-refractivity contribution >= 4 is 23.6 Å². The van der Waals surface area contributed by atoms with Gasteiger partial charge in [0.2, 0.25) is 0 Å². The number of amides is 2. The van der Waals surface area contributed by atoms with Gasteiger partial charge in [0.05, 0.1) is 0 Å². The summed E-state index contributed by atoms with van der Waals surface area (Å²) >= 11 is 0. The number of para-hydroxylation sites is 1. The number of nitrogens with one attached hydrogen (secondary N) is 2. The Bertz CT molecular complexity index is 1100. The molecule has 0 aliphatic carbocycles. The quantitative estimate of drug-likeness (QED) is 0.431. The Morgan fingerprint density at radius 1 is 0.933 bits per heavy atom. The van der Waals surface area contributed by atoms with Crippen molar-refractivity contribution in [1.29, 1.82) is 0 Å². The van der Waals surface area contributed by atoms with Crippen molar-refractivity contribution in [3.05, 3.63) is 107 Å². The maximum absolute atomic E-state index is 14.1. The summed E-state index contributed by atoms with van der Waals surface area (Å²) in [4.78, 5) is 25.3. The minimum Gasteiger partial charge on any atom is -0.398 e. The molecule has 3 aromatic rings. The summed E-state index contributed by atoms with van der Waals surface area (Å²) in [6.45, 7) is 0.107. The largest absolute Gasteiger partial charge is 0.398 e. The summed E-state index contributed by atoms with van der Waals surface area (Å²) < 4.78 is 27.3. The number of hydrogen-bond donors (Lipinski definition) is 3. The first-order chi connectivity index (χ1) is 14.4. The van der Waals surface area contributed by atoms with E-state index in [2.05, 4.69) is 10.6 Å². The molecule has 4 N–H and O–H groups in total. The molecule has 7 heteroatoms. The van der Waals surface area contributed by atoms with Crippen LogP contribution in [0.4, 0.5) is 14.5 Å². The standard InChI is InChI=1S/C23H19F2N3O2/c24-18-11-10-16(19(25)13-18)12-21(28-22(29)15-6-2-1-3-7-15)23(30)27-14-17-8-4-5-9-20(17)26/h1-13H,14,26H2,(H,27,30)(H,28,29)/b21-12-. The summed E-state index contributed by atoms with van der Waals surface area (Å²) in [7, 11) is 0. The maximum Gasteiger partial charge on any atom is 0.268 e. The zero-order chi connectivity index (χ0) is 21.5. The number of nitrogens with two attached hydrogens (primary N) is 1. The SMILES string of the molecule is Nc1ccccc1CNC(=O)/C(=C/c1ccc(F)cc1F)NC(=O)c1ccccc1. The first-order valence-corrected chi connectivity index (χ1v) is 9.09. The Labute approximate surface area is 172 Å². The first kappa shape index (κ1) is 20.7. The molecule has 0 aromatic heterocycles. The first-order valence-electron chi connectivity index (χ1n) is 9.09. The normalized spacial score (nSPS) is 11.1. The maximum atomic E-state index is 14.1. The van der Waals surface area contributed by atoms with Crippen LogP contribution in [0.15, 0.2) is 78.5 Å². The molecule has 152 valence electrons. The van der Waals surface area contributed by atoms with Crippen LogP contribution in [-0.4, -0.2) is 11.8 Å². The van der Waals surface area contributed by atoms with Gasteiger partial charge in [-0.15, -0.1) is 0 Å². The molecule has 5 nitrogen and oxygen atoms in total. The number of benzene rings is 3. The molecule has 0 unspecified atom stereocenters. The number of hydrogen-bond acceptors (Lipinski definition) is 3. The molecule has 0 atom stereocenters. The van der Waals surface area contributed by atoms with E-state index in [0.29, 0.717) is 22.9 Å². The Morgan fingerprint density at radius 2 is 1.63 bits per heavy atom. The van der Waals surface area contributed by atoms with Crippen LogP contribution < -0.4 is 16.4 Å². The Morgan fingerprint density at radius 3 is 2.33 bits per heavy atom. The molecule has 3 aromatic carbocycles. The van der Waals surface area contributed by atoms with Crippen LogP contribution >= 0.6 is 0 Å². The van der Waals surface area contributed by atoms with Crippen molar-refractivity contribution in [2.45, 2.75) is 6.54 Å². The molecule has 0 aliphatic rings. The third-order valence-electron chi connectivity index (χ3n) is 4.29. The average Bonchev–Trinajstić information content (AvgIpc) is 2.74. The second-order valence-corrected chi connectivity index (χ2v) is 6.43. The summed E-state index contributed by atoms with van der Waals surface area (Å²) in [5, 5.41) is 5.14. The molecular formula is C23H19F2N3O2. The number of halogens is 2. The number of anilines is 1. The number of carbonyl (C=O) groups is 2. The third-order valence-corrected chi connectivity index (χ3v) is 4.29. The number of carbonyl (C=O) groups excluding carboxylic acids is 2. The fourth-order valence-corrected chi connectivity index (χ4v) is 2.68. The molecule has 2 amide bonds. The molecule has 0 heterocycles. The molecule has 0 aliphatic heterocycles. The summed E-state index contributed by atoms with van der Waals surface area (Å²) in [5.41, 5.74) is 7.15. The predicted octanol–water partition coefficient (Wildman–Crippen LogP) is 3.63. The van der Waals surface area contributed by atoms with Crippen LogP contribution in [0.5, 0.6) is 0 Å². The highest BCUT2D eigenvalue weighted by atomic mass is 19.1. The van der Waals surface area contributed by atoms with Gasteiger partial charge in [-0.25, -0.2) is 8.78 Å². The fraction of sp³-hybridized carbons (Fsp3) is 0.0435. The van der Waals surface area contributed by atoms with E-state index in [4.69, 9.17) is 5.73 Å². The lowest BCUT2D eigenvalue weighted by Gasteiger charge is -2.12. The van der Waals surface area contributed by atoms with Gasteiger partial charge in [0.25, 0.3) is 11.8 Å². The molecule has 0 radical (unpaired) electrons. The van der Waals surface area contributed by atoms with Gasteiger partial charge in [0, 0.05) is 29.4 Å². The van der Waals surface area contributed by atoms with Crippen LogP contribution in [0.1, 0.15) is 21.5 Å². The van der Waals surface area contributed by atoms with E-state index >= 15 is 0 Å². The van der Waals surface area contributed by atoms with Crippen molar-refractivity contribution < 1.29 is 18.4 Å². The summed E-state index contributed by atoms with van der Waals surface area (Å²) in [5.74, 6) is -2.80. The van der Waals surface area contributed by atoms with E-state index in [9.17, 15) is 18.4 Å². The van der Waals surface area contributed by atoms with Gasteiger partial charge in [-0.2, -0.15) is 0 Å². The molecule has 0 bridgehead atoms. The van der Waals surface area contributed by atoms with Crippen molar-refractivity contribution in [3.8, 4) is 0 Å². The van der Waals surface area contributed by atoms with Gasteiger partial charge in [0.15, 0.2) is 0 Å². The zero-order valence-corrected chi connectivity index (χ0v) is 15.9. The van der Waals surface area contributed by atoms with Gasteiger partial charge in [0.1, 0.15) is 17.3 Å². The summed E-state index contributed by atoms with van der Waals surface area (Å²) in [6, 6.07) is 18.2. The molecular weight excluding hydrogens is 388 g/mol. The second kappa shape index (κ2) is 9.47. The highest BCUT2D eigenvalue weighted by Gasteiger charge is 2.16. The molecule has 0 fully saturated rings. The molecule has 0 saturated heterocycles. The second-order valence-electron chi connectivity index (χ2n) is 6.43. The fourth-order valence-electron chi connectivity index (χ4n) is 2.68. The van der Waals surface area contributed by atoms with Crippen LogP contribution in [0.3, 0.4) is 0 Å². The van der Waals surface area contributed by atoms with Crippen molar-refractivity contribution in [2.24, 2.45) is 0 Å². The third kappa shape index (κ3) is 5.29. The monoisotopic (exact) mass is 407 g/mol. The molecule has 30 heavy (non-hydrogen) atoms. The van der Waals surface area contributed by atoms with Gasteiger partial charge in [-0.3, -0.25) is 9.59 Å². The van der Waals surface area contributed by atoms with E-state index in [0.717, 1.165) is 12.1 Å². The van der Waals surface area contributed by atoms with Gasteiger partial charge in [-0.05, 0) is 42.0 Å². The molecule has 0 saturated carbocycles. The van der Waals surface area contributed by atoms with E-state index < -0.39 is 23.4 Å². The summed E-state index contributed by atoms with van der Waals surface area (Å²) in [6.07, 6.45) is 1.15. The lowest BCUT2D eigenvalue weighted by atomic mass is 10.1. The van der Waals surface area contributed by atoms with E-state index in [-0.39, 0.29) is 17.8 Å². The minimum atomic E-state index is -0.860. The van der Waals surface area contributed by atoms with Crippen molar-refractivity contribution in [1.82, 2.24) is 10.6 Å². The topological polar surface area (TPSA) is 84.2 Å². The smallest absolute Gasteiger partial charge is 0.268 e. The Hall–Kier alpha value is -4.00. The van der Waals surface area contributed by atoms with Crippen molar-refractivity contribution in [2.75, 3.05) is 5.73 Å². The Balaban J connectivity index is 1.86. The van der Waals surface area contributed by atoms with Crippen LogP contribution in [0, 0.1) is 11.6 Å². The van der Waals surface area contributed by atoms with E-state index in [1.807, 2.05) is 0 Å². The van der Waals surface area contributed by atoms with Gasteiger partial charge in [-0.1, -0.05) is 36.4 Å². The van der Waals surface area contributed by atoms with Gasteiger partial charge < -0.3 is 16.4 Å². The van der Waals surface area contributed by atoms with Crippen LogP contribution in [0.25, 0.3) is 6.08 Å². The van der Waals surface area contributed by atoms with Crippen LogP contribution in [0.2, 0.25) is 0 Å². The zero-order valence-electron chi connectivity index (χ0n) is 15.9. The van der Waals surface area contributed by atoms with E-state index in [1.165, 1.54) is 6.07 Å². The predicted molar refractivity (Wildman–Crippen MR) is 111 cm³/mol. The lowest BCUT2D eigenvalue weighted by molar-refractivity contribution is -0.117. The van der Waals surface area contributed by atoms with E-state index in [1.54, 1.807) is 54.6 Å². The average molecular weight is 407 g/mol. The lowest BCUT2D eigenvalue weighted by Crippen LogP contribution is -2.34. The highest BCUT2D eigenvalue weighted by molar-refractivity contribution is 6.05. The minimum absolute atomic E-state index is 0.0471. The highest BCUT2D eigenvalue weighted by Crippen LogP contribution is 2.14. The number of nitrogen functional groups attached to an aromatic ring is 1. The van der Waals surface area contributed by atoms with Gasteiger partial charge >= 0.3 is 0 Å². The van der Waals surface area contributed by atoms with Crippen molar-refractivity contribution in [3.63, 3.8) is 0 Å². The molecule has 3 rings (SSSR count). The van der Waals surface area contributed by atoms with Crippen LogP contribution in [-0.2, 0) is 11.3 Å².